The van der Waals surface area contributed by atoms with Crippen LogP contribution in [0, 0.1) is 5.92 Å². The third-order valence-corrected chi connectivity index (χ3v) is 2.65. The maximum atomic E-state index is 5.80. The SMILES string of the molecule is C.CC.CC(C)C(C)c1ccc(Cl)cc1. The number of hydrogen-bond acceptors (Lipinski definition) is 0. The monoisotopic (exact) mass is 228 g/mol. The van der Waals surface area contributed by atoms with E-state index in [2.05, 4.69) is 32.9 Å². The van der Waals surface area contributed by atoms with Gasteiger partial charge in [0.2, 0.25) is 0 Å². The molecule has 0 bridgehead atoms. The van der Waals surface area contributed by atoms with E-state index < -0.39 is 0 Å². The zero-order chi connectivity index (χ0) is 11.1. The molecule has 1 aromatic carbocycles. The van der Waals surface area contributed by atoms with Crippen molar-refractivity contribution < 1.29 is 0 Å². The summed E-state index contributed by atoms with van der Waals surface area (Å²) >= 11 is 5.80. The van der Waals surface area contributed by atoms with Gasteiger partial charge in [0, 0.05) is 5.02 Å². The Morgan fingerprint density at radius 2 is 1.33 bits per heavy atom. The van der Waals surface area contributed by atoms with Crippen LogP contribution in [-0.2, 0) is 0 Å². The lowest BCUT2D eigenvalue weighted by Crippen LogP contribution is -2.01. The topological polar surface area (TPSA) is 0 Å². The maximum Gasteiger partial charge on any atom is 0.0406 e. The highest BCUT2D eigenvalue weighted by Gasteiger charge is 2.08. The van der Waals surface area contributed by atoms with Gasteiger partial charge in [-0.15, -0.1) is 0 Å². The fourth-order valence-electron chi connectivity index (χ4n) is 1.15. The Balaban J connectivity index is 0. The van der Waals surface area contributed by atoms with Crippen LogP contribution in [0.5, 0.6) is 0 Å². The highest BCUT2D eigenvalue weighted by Crippen LogP contribution is 2.24. The van der Waals surface area contributed by atoms with E-state index in [1.165, 1.54) is 5.56 Å². The molecule has 0 amide bonds. The van der Waals surface area contributed by atoms with Crippen LogP contribution in [0.15, 0.2) is 24.3 Å². The van der Waals surface area contributed by atoms with Gasteiger partial charge in [-0.2, -0.15) is 0 Å². The van der Waals surface area contributed by atoms with Crippen molar-refractivity contribution in [3.63, 3.8) is 0 Å². The molecule has 1 atom stereocenters. The minimum absolute atomic E-state index is 0. The Kier molecular flexibility index (Phi) is 9.92. The van der Waals surface area contributed by atoms with E-state index in [9.17, 15) is 0 Å². The van der Waals surface area contributed by atoms with Crippen molar-refractivity contribution >= 4 is 11.6 Å². The molecule has 15 heavy (non-hydrogen) atoms. The fraction of sp³-hybridized carbons (Fsp3) is 0.571. The third-order valence-electron chi connectivity index (χ3n) is 2.40. The second kappa shape index (κ2) is 8.79. The van der Waals surface area contributed by atoms with Gasteiger partial charge in [0.1, 0.15) is 0 Å². The molecule has 0 heterocycles. The lowest BCUT2D eigenvalue weighted by Gasteiger charge is -2.15. The highest BCUT2D eigenvalue weighted by molar-refractivity contribution is 6.30. The van der Waals surface area contributed by atoms with E-state index in [1.807, 2.05) is 26.0 Å². The molecule has 0 aliphatic carbocycles. The van der Waals surface area contributed by atoms with Crippen LogP contribution < -0.4 is 0 Å². The Morgan fingerprint density at radius 3 is 1.67 bits per heavy atom. The molecule has 1 heteroatoms. The molecular formula is C14H25Cl. The molecule has 1 unspecified atom stereocenters. The van der Waals surface area contributed by atoms with Crippen LogP contribution >= 0.6 is 11.6 Å². The Morgan fingerprint density at radius 1 is 0.933 bits per heavy atom. The zero-order valence-corrected chi connectivity index (χ0v) is 10.6. The molecule has 0 radical (unpaired) electrons. The molecule has 0 aliphatic heterocycles. The van der Waals surface area contributed by atoms with Crippen molar-refractivity contribution in [3.8, 4) is 0 Å². The third kappa shape index (κ3) is 5.84. The van der Waals surface area contributed by atoms with E-state index in [0.29, 0.717) is 11.8 Å². The summed E-state index contributed by atoms with van der Waals surface area (Å²) in [5.41, 5.74) is 1.37. The standard InChI is InChI=1S/C11H15Cl.C2H6.CH4/c1-8(2)9(3)10-4-6-11(12)7-5-10;1-2;/h4-9H,1-3H3;1-2H3;1H4. The summed E-state index contributed by atoms with van der Waals surface area (Å²) in [5.74, 6) is 1.30. The smallest absolute Gasteiger partial charge is 0.0406 e. The van der Waals surface area contributed by atoms with Gasteiger partial charge in [0.25, 0.3) is 0 Å². The van der Waals surface area contributed by atoms with E-state index in [4.69, 9.17) is 11.6 Å². The van der Waals surface area contributed by atoms with Gasteiger partial charge in [0.05, 0.1) is 0 Å². The van der Waals surface area contributed by atoms with Gasteiger partial charge in [-0.05, 0) is 29.5 Å². The van der Waals surface area contributed by atoms with Crippen molar-refractivity contribution in [3.05, 3.63) is 34.9 Å². The van der Waals surface area contributed by atoms with Gasteiger partial charge in [0.15, 0.2) is 0 Å². The summed E-state index contributed by atoms with van der Waals surface area (Å²) in [6, 6.07) is 8.12. The molecule has 0 aromatic heterocycles. The van der Waals surface area contributed by atoms with Crippen LogP contribution in [0.1, 0.15) is 53.5 Å². The molecule has 0 fully saturated rings. The Hall–Kier alpha value is -0.490. The zero-order valence-electron chi connectivity index (χ0n) is 9.84. The van der Waals surface area contributed by atoms with Crippen molar-refractivity contribution in [2.45, 2.75) is 48.0 Å². The first-order valence-corrected chi connectivity index (χ1v) is 5.74. The van der Waals surface area contributed by atoms with E-state index in [0.717, 1.165) is 5.02 Å². The molecule has 0 aliphatic rings. The predicted molar refractivity (Wildman–Crippen MR) is 72.8 cm³/mol. The van der Waals surface area contributed by atoms with Gasteiger partial charge in [-0.3, -0.25) is 0 Å². The summed E-state index contributed by atoms with van der Waals surface area (Å²) in [6.45, 7) is 10.7. The molecule has 0 saturated carbocycles. The average Bonchev–Trinajstić information content (AvgIpc) is 2.21. The first kappa shape index (κ1) is 16.9. The van der Waals surface area contributed by atoms with Crippen molar-refractivity contribution in [2.75, 3.05) is 0 Å². The molecule has 1 aromatic rings. The molecule has 88 valence electrons. The number of benzene rings is 1. The number of hydrogen-bond donors (Lipinski definition) is 0. The van der Waals surface area contributed by atoms with Gasteiger partial charge < -0.3 is 0 Å². The van der Waals surface area contributed by atoms with E-state index >= 15 is 0 Å². The summed E-state index contributed by atoms with van der Waals surface area (Å²) in [7, 11) is 0. The van der Waals surface area contributed by atoms with Gasteiger partial charge in [-0.25, -0.2) is 0 Å². The summed E-state index contributed by atoms with van der Waals surface area (Å²) in [5, 5.41) is 0.815. The Labute approximate surface area is 101 Å². The minimum Gasteiger partial charge on any atom is -0.0843 e. The molecular weight excluding hydrogens is 204 g/mol. The summed E-state index contributed by atoms with van der Waals surface area (Å²) < 4.78 is 0. The van der Waals surface area contributed by atoms with Crippen molar-refractivity contribution in [1.29, 1.82) is 0 Å². The normalized spacial score (nSPS) is 11.1. The quantitative estimate of drug-likeness (QED) is 0.604. The maximum absolute atomic E-state index is 5.80. The first-order valence-electron chi connectivity index (χ1n) is 5.36. The number of rotatable bonds is 2. The van der Waals surface area contributed by atoms with Crippen molar-refractivity contribution in [1.82, 2.24) is 0 Å². The summed E-state index contributed by atoms with van der Waals surface area (Å²) in [6.07, 6.45) is 0. The number of halogens is 1. The van der Waals surface area contributed by atoms with Crippen LogP contribution in [0.4, 0.5) is 0 Å². The second-order valence-corrected chi connectivity index (χ2v) is 4.02. The second-order valence-electron chi connectivity index (χ2n) is 3.58. The fourth-order valence-corrected chi connectivity index (χ4v) is 1.28. The van der Waals surface area contributed by atoms with Crippen LogP contribution in [0.25, 0.3) is 0 Å². The summed E-state index contributed by atoms with van der Waals surface area (Å²) in [4.78, 5) is 0. The lowest BCUT2D eigenvalue weighted by atomic mass is 9.90. The average molecular weight is 229 g/mol. The largest absolute Gasteiger partial charge is 0.0843 e. The highest BCUT2D eigenvalue weighted by atomic mass is 35.5. The molecule has 0 saturated heterocycles. The van der Waals surface area contributed by atoms with Gasteiger partial charge >= 0.3 is 0 Å². The van der Waals surface area contributed by atoms with Gasteiger partial charge in [-0.1, -0.05) is 65.8 Å². The van der Waals surface area contributed by atoms with Crippen LogP contribution in [0.2, 0.25) is 5.02 Å². The van der Waals surface area contributed by atoms with E-state index in [-0.39, 0.29) is 7.43 Å². The predicted octanol–water partition coefficient (Wildman–Crippen LogP) is 5.76. The molecule has 0 spiro atoms. The van der Waals surface area contributed by atoms with Crippen LogP contribution in [-0.4, -0.2) is 0 Å². The Bertz CT molecular complexity index is 236. The first-order chi connectivity index (χ1) is 6.61. The van der Waals surface area contributed by atoms with Crippen molar-refractivity contribution in [2.24, 2.45) is 5.92 Å². The molecule has 0 nitrogen and oxygen atoms in total. The molecule has 0 N–H and O–H groups in total. The minimum atomic E-state index is 0. The lowest BCUT2D eigenvalue weighted by molar-refractivity contribution is 0.535. The van der Waals surface area contributed by atoms with Crippen LogP contribution in [0.3, 0.4) is 0 Å². The van der Waals surface area contributed by atoms with E-state index in [1.54, 1.807) is 0 Å². The molecule has 1 rings (SSSR count).